The van der Waals surface area contributed by atoms with Crippen LogP contribution in [-0.4, -0.2) is 34.4 Å². The largest absolute Gasteiger partial charge is 0.489 e. The maximum Gasteiger partial charge on any atom is 0.175 e. The zero-order valence-corrected chi connectivity index (χ0v) is 12.3. The van der Waals surface area contributed by atoms with Crippen LogP contribution in [0.2, 0.25) is 0 Å². The van der Waals surface area contributed by atoms with E-state index in [2.05, 4.69) is 18.8 Å². The van der Waals surface area contributed by atoms with Gasteiger partial charge in [-0.3, -0.25) is 0 Å². The van der Waals surface area contributed by atoms with Gasteiger partial charge in [0, 0.05) is 12.8 Å². The SMILES string of the molecule is C=C(CNCCC)COc1cccc(S(C)(=O)=O)c1. The molecule has 0 amide bonds. The highest BCUT2D eigenvalue weighted by molar-refractivity contribution is 7.90. The summed E-state index contributed by atoms with van der Waals surface area (Å²) in [4.78, 5) is 0.264. The van der Waals surface area contributed by atoms with Crippen LogP contribution in [0, 0.1) is 0 Å². The van der Waals surface area contributed by atoms with Crippen molar-refractivity contribution in [1.29, 1.82) is 0 Å². The van der Waals surface area contributed by atoms with Crippen molar-refractivity contribution in [2.45, 2.75) is 18.2 Å². The van der Waals surface area contributed by atoms with Crippen LogP contribution in [-0.2, 0) is 9.84 Å². The fourth-order valence-electron chi connectivity index (χ4n) is 1.47. The second-order valence-electron chi connectivity index (χ2n) is 4.46. The van der Waals surface area contributed by atoms with Gasteiger partial charge in [0.15, 0.2) is 9.84 Å². The van der Waals surface area contributed by atoms with E-state index in [-0.39, 0.29) is 4.90 Å². The molecule has 1 aromatic carbocycles. The van der Waals surface area contributed by atoms with E-state index in [1.165, 1.54) is 12.3 Å². The third kappa shape index (κ3) is 5.89. The lowest BCUT2D eigenvalue weighted by Gasteiger charge is -2.10. The Kier molecular flexibility index (Phi) is 6.05. The number of hydrogen-bond donors (Lipinski definition) is 1. The summed E-state index contributed by atoms with van der Waals surface area (Å²) in [6, 6.07) is 6.49. The van der Waals surface area contributed by atoms with E-state index in [0.29, 0.717) is 18.9 Å². The molecule has 0 fully saturated rings. The Hall–Kier alpha value is -1.33. The van der Waals surface area contributed by atoms with Gasteiger partial charge < -0.3 is 10.1 Å². The van der Waals surface area contributed by atoms with Crippen molar-refractivity contribution < 1.29 is 13.2 Å². The predicted octanol–water partition coefficient (Wildman–Crippen LogP) is 2.02. The summed E-state index contributed by atoms with van der Waals surface area (Å²) < 4.78 is 28.4. The van der Waals surface area contributed by atoms with E-state index < -0.39 is 9.84 Å². The van der Waals surface area contributed by atoms with Crippen molar-refractivity contribution in [3.63, 3.8) is 0 Å². The van der Waals surface area contributed by atoms with Gasteiger partial charge >= 0.3 is 0 Å². The molecule has 0 bridgehead atoms. The summed E-state index contributed by atoms with van der Waals surface area (Å²) in [5.74, 6) is 0.541. The standard InChI is InChI=1S/C14H21NO3S/c1-4-8-15-10-12(2)11-18-13-6-5-7-14(9-13)19(3,16)17/h5-7,9,15H,2,4,8,10-11H2,1,3H3. The lowest BCUT2D eigenvalue weighted by atomic mass is 10.3. The van der Waals surface area contributed by atoms with E-state index in [1.807, 2.05) is 0 Å². The Bertz CT molecular complexity index is 523. The van der Waals surface area contributed by atoms with Gasteiger partial charge in [-0.2, -0.15) is 0 Å². The lowest BCUT2D eigenvalue weighted by Crippen LogP contribution is -2.20. The summed E-state index contributed by atoms with van der Waals surface area (Å²) in [6.45, 7) is 8.04. The molecule has 1 N–H and O–H groups in total. The molecule has 1 aromatic rings. The maximum absolute atomic E-state index is 11.4. The molecule has 5 heteroatoms. The maximum atomic E-state index is 11.4. The second-order valence-corrected chi connectivity index (χ2v) is 6.48. The Morgan fingerprint density at radius 2 is 2.16 bits per heavy atom. The molecule has 0 saturated carbocycles. The van der Waals surface area contributed by atoms with E-state index in [0.717, 1.165) is 18.5 Å². The van der Waals surface area contributed by atoms with E-state index in [9.17, 15) is 8.42 Å². The fourth-order valence-corrected chi connectivity index (χ4v) is 2.13. The van der Waals surface area contributed by atoms with Gasteiger partial charge in [-0.05, 0) is 36.7 Å². The molecule has 0 aliphatic heterocycles. The highest BCUT2D eigenvalue weighted by Gasteiger charge is 2.07. The summed E-state index contributed by atoms with van der Waals surface area (Å²) in [6.07, 6.45) is 2.25. The van der Waals surface area contributed by atoms with Crippen molar-refractivity contribution in [2.75, 3.05) is 26.0 Å². The molecule has 4 nitrogen and oxygen atoms in total. The summed E-state index contributed by atoms with van der Waals surface area (Å²) in [5.41, 5.74) is 0.929. The molecule has 0 spiro atoms. The Morgan fingerprint density at radius 1 is 1.42 bits per heavy atom. The van der Waals surface area contributed by atoms with E-state index in [1.54, 1.807) is 18.2 Å². The average Bonchev–Trinajstić information content (AvgIpc) is 2.36. The first-order valence-electron chi connectivity index (χ1n) is 6.23. The Balaban J connectivity index is 2.52. The van der Waals surface area contributed by atoms with Gasteiger partial charge in [-0.1, -0.05) is 19.6 Å². The third-order valence-electron chi connectivity index (χ3n) is 2.48. The molecule has 0 atom stereocenters. The van der Waals surface area contributed by atoms with Gasteiger partial charge in [0.05, 0.1) is 4.90 Å². The molecule has 0 aliphatic carbocycles. The number of hydrogen-bond acceptors (Lipinski definition) is 4. The van der Waals surface area contributed by atoms with Gasteiger partial charge in [0.25, 0.3) is 0 Å². The Labute approximate surface area is 115 Å². The van der Waals surface area contributed by atoms with Crippen molar-refractivity contribution in [2.24, 2.45) is 0 Å². The normalized spacial score (nSPS) is 11.3. The van der Waals surface area contributed by atoms with E-state index >= 15 is 0 Å². The monoisotopic (exact) mass is 283 g/mol. The highest BCUT2D eigenvalue weighted by atomic mass is 32.2. The molecular formula is C14H21NO3S. The fraction of sp³-hybridized carbons (Fsp3) is 0.429. The minimum Gasteiger partial charge on any atom is -0.489 e. The van der Waals surface area contributed by atoms with Crippen LogP contribution in [0.1, 0.15) is 13.3 Å². The molecular weight excluding hydrogens is 262 g/mol. The summed E-state index contributed by atoms with van der Waals surface area (Å²) in [7, 11) is -3.20. The topological polar surface area (TPSA) is 55.4 Å². The van der Waals surface area contributed by atoms with Crippen molar-refractivity contribution in [3.05, 3.63) is 36.4 Å². The van der Waals surface area contributed by atoms with Crippen LogP contribution >= 0.6 is 0 Å². The predicted molar refractivity (Wildman–Crippen MR) is 77.3 cm³/mol. The van der Waals surface area contributed by atoms with Gasteiger partial charge in [-0.15, -0.1) is 0 Å². The number of benzene rings is 1. The molecule has 1 rings (SSSR count). The van der Waals surface area contributed by atoms with Gasteiger partial charge in [0.2, 0.25) is 0 Å². The lowest BCUT2D eigenvalue weighted by molar-refractivity contribution is 0.347. The first kappa shape index (κ1) is 15.7. The van der Waals surface area contributed by atoms with E-state index in [4.69, 9.17) is 4.74 Å². The highest BCUT2D eigenvalue weighted by Crippen LogP contribution is 2.17. The zero-order chi connectivity index (χ0) is 14.3. The minimum absolute atomic E-state index is 0.264. The first-order chi connectivity index (χ1) is 8.93. The van der Waals surface area contributed by atoms with Gasteiger partial charge in [-0.25, -0.2) is 8.42 Å². The van der Waals surface area contributed by atoms with Crippen LogP contribution in [0.5, 0.6) is 5.75 Å². The number of ether oxygens (including phenoxy) is 1. The molecule has 0 heterocycles. The number of nitrogens with one attached hydrogen (secondary N) is 1. The zero-order valence-electron chi connectivity index (χ0n) is 11.5. The molecule has 0 saturated heterocycles. The molecule has 19 heavy (non-hydrogen) atoms. The smallest absolute Gasteiger partial charge is 0.175 e. The average molecular weight is 283 g/mol. The summed E-state index contributed by atoms with van der Waals surface area (Å²) >= 11 is 0. The van der Waals surface area contributed by atoms with Crippen LogP contribution in [0.15, 0.2) is 41.3 Å². The molecule has 0 aliphatic rings. The third-order valence-corrected chi connectivity index (χ3v) is 3.59. The number of sulfone groups is 1. The van der Waals surface area contributed by atoms with Crippen molar-refractivity contribution >= 4 is 9.84 Å². The van der Waals surface area contributed by atoms with Crippen LogP contribution in [0.4, 0.5) is 0 Å². The first-order valence-corrected chi connectivity index (χ1v) is 8.13. The van der Waals surface area contributed by atoms with Crippen molar-refractivity contribution in [1.82, 2.24) is 5.32 Å². The minimum atomic E-state index is -3.20. The molecule has 106 valence electrons. The van der Waals surface area contributed by atoms with Crippen LogP contribution < -0.4 is 10.1 Å². The second kappa shape index (κ2) is 7.31. The Morgan fingerprint density at radius 3 is 2.79 bits per heavy atom. The van der Waals surface area contributed by atoms with Gasteiger partial charge in [0.1, 0.15) is 12.4 Å². The number of rotatable bonds is 8. The van der Waals surface area contributed by atoms with Crippen LogP contribution in [0.3, 0.4) is 0 Å². The quantitative estimate of drug-likeness (QED) is 0.586. The molecule has 0 unspecified atom stereocenters. The molecule has 0 aromatic heterocycles. The summed E-state index contributed by atoms with van der Waals surface area (Å²) in [5, 5.41) is 3.23. The van der Waals surface area contributed by atoms with Crippen LogP contribution in [0.25, 0.3) is 0 Å². The van der Waals surface area contributed by atoms with Crippen molar-refractivity contribution in [3.8, 4) is 5.75 Å². The molecule has 0 radical (unpaired) electrons.